The second kappa shape index (κ2) is 11.3. The number of fused-ring (bicyclic) bond motifs is 2. The van der Waals surface area contributed by atoms with Crippen molar-refractivity contribution in [2.24, 2.45) is 10.2 Å². The van der Waals surface area contributed by atoms with E-state index in [2.05, 4.69) is 21.3 Å². The number of hydrogen-bond acceptors (Lipinski definition) is 10. The summed E-state index contributed by atoms with van der Waals surface area (Å²) in [5, 5.41) is 29.0. The maximum atomic E-state index is 13.3. The number of aliphatic hydroxyl groups excluding tert-OH is 2. The van der Waals surface area contributed by atoms with Crippen LogP contribution in [0.5, 0.6) is 0 Å². The molecule has 0 amide bonds. The molecule has 6 rings (SSSR count). The lowest BCUT2D eigenvalue weighted by Crippen LogP contribution is -2.40. The van der Waals surface area contributed by atoms with Gasteiger partial charge in [-0.05, 0) is 58.4 Å². The maximum absolute atomic E-state index is 13.3. The van der Waals surface area contributed by atoms with Crippen LogP contribution in [0.4, 0.5) is 0 Å². The Morgan fingerprint density at radius 1 is 0.625 bits per heavy atom. The Hall–Kier alpha value is -5.02. The van der Waals surface area contributed by atoms with Gasteiger partial charge in [0, 0.05) is 24.0 Å². The molecular formula is C34H30N4O8S2. The molecule has 4 aromatic rings. The molecule has 0 saturated heterocycles. The standard InChI is InChI=1S/C34H30N4O8S2/c1-19-15-21(33(47(41,42)43)17-29(37-35)31(39)25-7-3-5-9-27(25)33)11-13-23(19)24-14-12-22(16-20(24)2)34(48(44,45)46)18-30(38-36)32(40)26-8-4-6-10-28(26)34/h3-16,35-36,39-40H,17-18H2,1-2H3,(H,41,42,43)(H,44,45,46)/b37-35+,38-36+. The summed E-state index contributed by atoms with van der Waals surface area (Å²) < 4.78 is 85.2. The molecule has 12 nitrogen and oxygen atoms in total. The van der Waals surface area contributed by atoms with E-state index in [-0.39, 0.29) is 56.3 Å². The zero-order valence-corrected chi connectivity index (χ0v) is 27.2. The first-order valence-electron chi connectivity index (χ1n) is 15.4. The first-order valence-corrected chi connectivity index (χ1v) is 17.4. The Kier molecular flexibility index (Phi) is 7.14. The summed E-state index contributed by atoms with van der Waals surface area (Å²) in [6.07, 6.45) is -1.01. The van der Waals surface area contributed by atoms with E-state index in [4.69, 9.17) is 2.82 Å². The van der Waals surface area contributed by atoms with Crippen molar-refractivity contribution in [1.29, 1.82) is 11.0 Å². The van der Waals surface area contributed by atoms with Crippen molar-refractivity contribution >= 4 is 31.8 Å². The van der Waals surface area contributed by atoms with Crippen molar-refractivity contribution in [3.63, 3.8) is 0 Å². The fraction of sp³-hybridized carbons (Fsp3) is 0.176. The van der Waals surface area contributed by atoms with Crippen molar-refractivity contribution in [2.45, 2.75) is 36.2 Å². The fourth-order valence-corrected chi connectivity index (χ4v) is 9.50. The van der Waals surface area contributed by atoms with Crippen LogP contribution in [0.3, 0.4) is 0 Å². The van der Waals surface area contributed by atoms with Crippen molar-refractivity contribution < 1.29 is 39.0 Å². The number of nitrogens with one attached hydrogen (secondary N) is 2. The third kappa shape index (κ3) is 4.63. The summed E-state index contributed by atoms with van der Waals surface area (Å²) in [5.41, 5.74) is 8.82. The van der Waals surface area contributed by atoms with Crippen molar-refractivity contribution in [2.75, 3.05) is 0 Å². The van der Waals surface area contributed by atoms with Gasteiger partial charge in [-0.2, -0.15) is 27.1 Å². The predicted octanol–water partition coefficient (Wildman–Crippen LogP) is 7.56. The van der Waals surface area contributed by atoms with E-state index in [0.717, 1.165) is 0 Å². The molecule has 6 N–H and O–H groups in total. The first-order chi connectivity index (χ1) is 23.6. The molecular weight excluding hydrogens is 657 g/mol. The van der Waals surface area contributed by atoms with E-state index in [1.54, 1.807) is 62.4 Å². The lowest BCUT2D eigenvalue weighted by atomic mass is 9.77. The minimum atomic E-state index is -4.94. The Balaban J connectivity index is 1.51. The molecule has 48 heavy (non-hydrogen) atoms. The second-order valence-electron chi connectivity index (χ2n) is 11.9. The van der Waals surface area contributed by atoms with E-state index >= 15 is 0 Å². The van der Waals surface area contributed by atoms with Crippen molar-refractivity contribution in [1.82, 2.24) is 0 Å². The summed E-state index contributed by atoms with van der Waals surface area (Å²) in [7, 11) is -9.89. The number of rotatable bonds is 7. The molecule has 2 unspecified atom stereocenters. The molecule has 0 bridgehead atoms. The van der Waals surface area contributed by atoms with Gasteiger partial charge in [0.25, 0.3) is 20.2 Å². The Morgan fingerprint density at radius 3 is 1.33 bits per heavy atom. The van der Waals surface area contributed by atoms with Gasteiger partial charge in [0.1, 0.15) is 22.9 Å². The molecule has 2 aliphatic carbocycles. The zero-order chi connectivity index (χ0) is 36.2. The van der Waals surface area contributed by atoms with Gasteiger partial charge in [-0.3, -0.25) is 9.11 Å². The highest BCUT2D eigenvalue weighted by atomic mass is 32.2. The van der Waals surface area contributed by atoms with Crippen LogP contribution in [-0.2, 0) is 29.7 Å². The molecule has 0 saturated carbocycles. The number of nitrogens with zero attached hydrogens (tertiary/aromatic N) is 2. The van der Waals surface area contributed by atoms with Crippen LogP contribution in [-0.4, -0.2) is 36.2 Å². The molecule has 246 valence electrons. The molecule has 0 fully saturated rings. The topological polar surface area (TPSA) is 222 Å². The number of aliphatic hydroxyl groups is 2. The number of aryl methyl sites for hydroxylation is 2. The van der Waals surface area contributed by atoms with Crippen LogP contribution >= 0.6 is 0 Å². The van der Waals surface area contributed by atoms with Crippen LogP contribution in [0.25, 0.3) is 22.6 Å². The third-order valence-electron chi connectivity index (χ3n) is 9.41. The first kappa shape index (κ1) is 30.3. The second-order valence-corrected chi connectivity index (χ2v) is 15.2. The summed E-state index contributed by atoms with van der Waals surface area (Å²) >= 11 is 0. The lowest BCUT2D eigenvalue weighted by Gasteiger charge is -2.37. The summed E-state index contributed by atoms with van der Waals surface area (Å²) in [6, 6.07) is 21.8. The van der Waals surface area contributed by atoms with Crippen molar-refractivity contribution in [3.8, 4) is 11.1 Å². The molecule has 0 radical (unpaired) electrons. The molecule has 0 aliphatic heterocycles. The van der Waals surface area contributed by atoms with E-state index in [1.807, 2.05) is 0 Å². The van der Waals surface area contributed by atoms with E-state index in [0.29, 0.717) is 22.3 Å². The number of allylic oxidation sites excluding steroid dienone is 2. The number of hydrogen-bond donors (Lipinski definition) is 6. The Morgan fingerprint density at radius 2 is 1.00 bits per heavy atom. The molecule has 0 aromatic heterocycles. The molecule has 2 atom stereocenters. The highest BCUT2D eigenvalue weighted by molar-refractivity contribution is 7.87. The summed E-state index contributed by atoms with van der Waals surface area (Å²) in [6.45, 7) is 3.47. The van der Waals surface area contributed by atoms with Gasteiger partial charge in [-0.1, -0.05) is 84.9 Å². The van der Waals surface area contributed by atoms with Crippen molar-refractivity contribution in [3.05, 3.63) is 141 Å². The van der Waals surface area contributed by atoms with Crippen LogP contribution in [0.1, 0.15) is 57.3 Å². The maximum Gasteiger partial charge on any atom is 0.279 e. The van der Waals surface area contributed by atoms with E-state index in [9.17, 15) is 36.2 Å². The third-order valence-corrected chi connectivity index (χ3v) is 12.4. The minimum Gasteiger partial charge on any atom is -0.505 e. The zero-order valence-electron chi connectivity index (χ0n) is 27.5. The monoisotopic (exact) mass is 686 g/mol. The Labute approximate surface area is 279 Å². The highest BCUT2D eigenvalue weighted by Gasteiger charge is 2.53. The van der Waals surface area contributed by atoms with Crippen LogP contribution < -0.4 is 0 Å². The quantitative estimate of drug-likeness (QED) is 0.0839. The molecule has 4 aromatic carbocycles. The van der Waals surface area contributed by atoms with Crippen LogP contribution in [0.15, 0.2) is 107 Å². The van der Waals surface area contributed by atoms with Gasteiger partial charge in [-0.15, -0.1) is 0 Å². The molecule has 14 heteroatoms. The Bertz CT molecular complexity index is 2260. The van der Waals surface area contributed by atoms with Gasteiger partial charge in [0.2, 0.25) is 2.82 Å². The smallest absolute Gasteiger partial charge is 0.279 e. The summed E-state index contributed by atoms with van der Waals surface area (Å²) in [5.74, 6) is -0.715. The van der Waals surface area contributed by atoms with Gasteiger partial charge in [0.15, 0.2) is 9.49 Å². The molecule has 0 heterocycles. The van der Waals surface area contributed by atoms with Crippen LogP contribution in [0.2, 0.25) is 2.82 Å². The van der Waals surface area contributed by atoms with Gasteiger partial charge in [-0.25, -0.2) is 11.0 Å². The van der Waals surface area contributed by atoms with Gasteiger partial charge in [0.05, 0.1) is 0 Å². The summed E-state index contributed by atoms with van der Waals surface area (Å²) in [4.78, 5) is 0. The van der Waals surface area contributed by atoms with Gasteiger partial charge < -0.3 is 10.2 Å². The average Bonchev–Trinajstić information content (AvgIpc) is 3.06. The predicted molar refractivity (Wildman–Crippen MR) is 178 cm³/mol. The molecule has 2 aliphatic rings. The fourth-order valence-electron chi connectivity index (χ4n) is 7.10. The highest BCUT2D eigenvalue weighted by Crippen LogP contribution is 2.52. The minimum absolute atomic E-state index is 0.111. The van der Waals surface area contributed by atoms with Gasteiger partial charge >= 0.3 is 0 Å². The largest absolute Gasteiger partial charge is 0.505 e. The van der Waals surface area contributed by atoms with Crippen LogP contribution in [0, 0.1) is 24.9 Å². The number of benzene rings is 4. The molecule has 0 spiro atoms. The van der Waals surface area contributed by atoms with E-state index in [1.165, 1.54) is 36.4 Å². The average molecular weight is 687 g/mol. The van der Waals surface area contributed by atoms with E-state index < -0.39 is 42.6 Å². The normalized spacial score (nSPS) is 22.1. The lowest BCUT2D eigenvalue weighted by molar-refractivity contribution is 0.430. The SMILES string of the molecule is [H]/N=N/C1=C(O)c2ccccc2C(c2ccc(-c3ccc(C4(S(=O)(=O)O)CC(/N=N/[H])=C(O)c5ccccc54)cc3C)c(C)c2)(S(=O)(=O)O)C1.